The van der Waals surface area contributed by atoms with E-state index >= 15 is 0 Å². The van der Waals surface area contributed by atoms with Crippen LogP contribution in [0.5, 0.6) is 0 Å². The molecule has 0 saturated carbocycles. The van der Waals surface area contributed by atoms with Gasteiger partial charge in [0.25, 0.3) is 6.01 Å². The van der Waals surface area contributed by atoms with Gasteiger partial charge in [-0.2, -0.15) is 4.98 Å². The highest BCUT2D eigenvalue weighted by Crippen LogP contribution is 2.20. The molecule has 2 aromatic heterocycles. The minimum atomic E-state index is 0.469. The molecule has 5 nitrogen and oxygen atoms in total. The summed E-state index contributed by atoms with van der Waals surface area (Å²) in [5.41, 5.74) is 1.44. The van der Waals surface area contributed by atoms with E-state index in [1.165, 1.54) is 0 Å². The van der Waals surface area contributed by atoms with Crippen molar-refractivity contribution in [1.82, 2.24) is 15.3 Å². The lowest BCUT2D eigenvalue weighted by molar-refractivity contribution is 0.453. The van der Waals surface area contributed by atoms with Gasteiger partial charge < -0.3 is 14.6 Å². The van der Waals surface area contributed by atoms with E-state index < -0.39 is 0 Å². The minimum absolute atomic E-state index is 0.469. The van der Waals surface area contributed by atoms with Gasteiger partial charge in [0.2, 0.25) is 5.65 Å². The molecule has 1 atom stereocenters. The molecule has 0 spiro atoms. The molecule has 0 amide bonds. The summed E-state index contributed by atoms with van der Waals surface area (Å²) in [5.74, 6) is 0. The van der Waals surface area contributed by atoms with Gasteiger partial charge in [0.05, 0.1) is 0 Å². The van der Waals surface area contributed by atoms with Crippen LogP contribution in [-0.2, 0) is 0 Å². The quantitative estimate of drug-likeness (QED) is 0.774. The Hall–Kier alpha value is -1.62. The molecule has 84 valence electrons. The zero-order valence-electron chi connectivity index (χ0n) is 9.18. The number of anilines is 1. The number of fused-ring (bicyclic) bond motifs is 1. The van der Waals surface area contributed by atoms with Crippen molar-refractivity contribution in [2.45, 2.75) is 13.0 Å². The van der Waals surface area contributed by atoms with Crippen LogP contribution in [0.4, 0.5) is 6.01 Å². The number of piperazine rings is 1. The molecule has 0 bridgehead atoms. The maximum absolute atomic E-state index is 5.68. The molecule has 0 aromatic carbocycles. The first-order valence-electron chi connectivity index (χ1n) is 5.53. The van der Waals surface area contributed by atoms with E-state index in [2.05, 4.69) is 27.1 Å². The minimum Gasteiger partial charge on any atom is -0.422 e. The molecule has 0 radical (unpaired) electrons. The molecule has 0 aliphatic carbocycles. The molecule has 16 heavy (non-hydrogen) atoms. The Morgan fingerprint density at radius 1 is 1.56 bits per heavy atom. The highest BCUT2D eigenvalue weighted by atomic mass is 16.4. The molecular weight excluding hydrogens is 204 g/mol. The fraction of sp³-hybridized carbons (Fsp3) is 0.455. The number of oxazole rings is 1. The first-order valence-corrected chi connectivity index (χ1v) is 5.53. The Labute approximate surface area is 93.5 Å². The van der Waals surface area contributed by atoms with Crippen molar-refractivity contribution in [3.05, 3.63) is 18.3 Å². The number of hydrogen-bond acceptors (Lipinski definition) is 5. The number of pyridine rings is 1. The SMILES string of the molecule is C[C@@H]1CN(c2nc3ncccc3o2)CCN1. The van der Waals surface area contributed by atoms with E-state index in [4.69, 9.17) is 4.42 Å². The van der Waals surface area contributed by atoms with E-state index in [9.17, 15) is 0 Å². The summed E-state index contributed by atoms with van der Waals surface area (Å²) < 4.78 is 5.68. The number of nitrogens with zero attached hydrogens (tertiary/aromatic N) is 3. The molecule has 1 aliphatic heterocycles. The smallest absolute Gasteiger partial charge is 0.300 e. The molecular formula is C11H14N4O. The molecule has 1 saturated heterocycles. The van der Waals surface area contributed by atoms with Crippen molar-refractivity contribution in [2.24, 2.45) is 0 Å². The third kappa shape index (κ3) is 1.63. The van der Waals surface area contributed by atoms with Crippen molar-refractivity contribution >= 4 is 17.2 Å². The first-order chi connectivity index (χ1) is 7.83. The van der Waals surface area contributed by atoms with Gasteiger partial charge in [0, 0.05) is 31.9 Å². The summed E-state index contributed by atoms with van der Waals surface area (Å²) in [5, 5.41) is 3.39. The van der Waals surface area contributed by atoms with Gasteiger partial charge in [-0.25, -0.2) is 4.98 Å². The average molecular weight is 218 g/mol. The largest absolute Gasteiger partial charge is 0.422 e. The second kappa shape index (κ2) is 3.75. The van der Waals surface area contributed by atoms with Gasteiger partial charge in [-0.15, -0.1) is 0 Å². The van der Waals surface area contributed by atoms with Crippen LogP contribution in [0.15, 0.2) is 22.7 Å². The van der Waals surface area contributed by atoms with E-state index in [1.807, 2.05) is 12.1 Å². The Bertz CT molecular complexity index is 462. The number of hydrogen-bond donors (Lipinski definition) is 1. The zero-order valence-corrected chi connectivity index (χ0v) is 9.18. The van der Waals surface area contributed by atoms with Crippen molar-refractivity contribution in [3.63, 3.8) is 0 Å². The fourth-order valence-corrected chi connectivity index (χ4v) is 2.00. The van der Waals surface area contributed by atoms with E-state index in [0.29, 0.717) is 17.7 Å². The van der Waals surface area contributed by atoms with Crippen LogP contribution < -0.4 is 10.2 Å². The third-order valence-corrected chi connectivity index (χ3v) is 2.79. The predicted molar refractivity (Wildman–Crippen MR) is 61.5 cm³/mol. The maximum atomic E-state index is 5.68. The number of rotatable bonds is 1. The molecule has 5 heteroatoms. The summed E-state index contributed by atoms with van der Waals surface area (Å²) in [7, 11) is 0. The van der Waals surface area contributed by atoms with Crippen LogP contribution in [0.2, 0.25) is 0 Å². The highest BCUT2D eigenvalue weighted by Gasteiger charge is 2.20. The molecule has 3 heterocycles. The Balaban J connectivity index is 1.93. The van der Waals surface area contributed by atoms with Crippen LogP contribution in [0.3, 0.4) is 0 Å². The summed E-state index contributed by atoms with van der Waals surface area (Å²) in [6.07, 6.45) is 1.73. The topological polar surface area (TPSA) is 54.2 Å². The molecule has 1 aliphatic rings. The summed E-state index contributed by atoms with van der Waals surface area (Å²) >= 11 is 0. The Morgan fingerprint density at radius 2 is 2.50 bits per heavy atom. The van der Waals surface area contributed by atoms with Gasteiger partial charge >= 0.3 is 0 Å². The number of aromatic nitrogens is 2. The average Bonchev–Trinajstić information content (AvgIpc) is 2.72. The van der Waals surface area contributed by atoms with E-state index in [0.717, 1.165) is 25.2 Å². The predicted octanol–water partition coefficient (Wildman–Crippen LogP) is 1.02. The Kier molecular flexibility index (Phi) is 2.25. The van der Waals surface area contributed by atoms with Crippen LogP contribution in [-0.4, -0.2) is 35.6 Å². The zero-order chi connectivity index (χ0) is 11.0. The second-order valence-electron chi connectivity index (χ2n) is 4.12. The first kappa shape index (κ1) is 9.59. The molecule has 0 unspecified atom stereocenters. The van der Waals surface area contributed by atoms with Gasteiger partial charge in [0.15, 0.2) is 5.58 Å². The number of nitrogens with one attached hydrogen (secondary N) is 1. The second-order valence-corrected chi connectivity index (χ2v) is 4.12. The standard InChI is InChI=1S/C11H14N4O/c1-8-7-15(6-5-12-8)11-14-10-9(16-11)3-2-4-13-10/h2-4,8,12H,5-7H2,1H3/t8-/m1/s1. The van der Waals surface area contributed by atoms with Gasteiger partial charge in [-0.05, 0) is 19.1 Å². The lowest BCUT2D eigenvalue weighted by Gasteiger charge is -2.30. The third-order valence-electron chi connectivity index (χ3n) is 2.79. The normalized spacial score (nSPS) is 21.6. The molecule has 2 aromatic rings. The van der Waals surface area contributed by atoms with Crippen molar-refractivity contribution < 1.29 is 4.42 Å². The lowest BCUT2D eigenvalue weighted by Crippen LogP contribution is -2.49. The summed E-state index contributed by atoms with van der Waals surface area (Å²) in [6, 6.07) is 4.90. The van der Waals surface area contributed by atoms with Crippen LogP contribution in [0.25, 0.3) is 11.2 Å². The fourth-order valence-electron chi connectivity index (χ4n) is 2.00. The van der Waals surface area contributed by atoms with Gasteiger partial charge in [-0.1, -0.05) is 0 Å². The molecule has 1 N–H and O–H groups in total. The van der Waals surface area contributed by atoms with Crippen molar-refractivity contribution in [3.8, 4) is 0 Å². The summed E-state index contributed by atoms with van der Waals surface area (Å²) in [6.45, 7) is 4.98. The maximum Gasteiger partial charge on any atom is 0.300 e. The van der Waals surface area contributed by atoms with E-state index in [1.54, 1.807) is 6.20 Å². The van der Waals surface area contributed by atoms with Gasteiger partial charge in [-0.3, -0.25) is 0 Å². The van der Waals surface area contributed by atoms with Crippen LogP contribution >= 0.6 is 0 Å². The Morgan fingerprint density at radius 3 is 3.31 bits per heavy atom. The van der Waals surface area contributed by atoms with E-state index in [-0.39, 0.29) is 0 Å². The highest BCUT2D eigenvalue weighted by molar-refractivity contribution is 5.69. The summed E-state index contributed by atoms with van der Waals surface area (Å²) in [4.78, 5) is 10.7. The van der Waals surface area contributed by atoms with Gasteiger partial charge in [0.1, 0.15) is 0 Å². The van der Waals surface area contributed by atoms with Crippen molar-refractivity contribution in [1.29, 1.82) is 0 Å². The monoisotopic (exact) mass is 218 g/mol. The van der Waals surface area contributed by atoms with Crippen molar-refractivity contribution in [2.75, 3.05) is 24.5 Å². The lowest BCUT2D eigenvalue weighted by atomic mass is 10.2. The molecule has 1 fully saturated rings. The molecule has 3 rings (SSSR count). The van der Waals surface area contributed by atoms with Crippen LogP contribution in [0.1, 0.15) is 6.92 Å². The van der Waals surface area contributed by atoms with Crippen LogP contribution in [0, 0.1) is 0 Å².